The monoisotopic (exact) mass is 263 g/mol. The van der Waals surface area contributed by atoms with Gasteiger partial charge in [0, 0.05) is 24.2 Å². The lowest BCUT2D eigenvalue weighted by molar-refractivity contribution is 0.125. The van der Waals surface area contributed by atoms with Crippen LogP contribution in [0.3, 0.4) is 0 Å². The highest BCUT2D eigenvalue weighted by Crippen LogP contribution is 2.08. The fraction of sp³-hybridized carbons (Fsp3) is 0.600. The minimum atomic E-state index is -2.85. The van der Waals surface area contributed by atoms with Crippen LogP contribution in [-0.4, -0.2) is 40.1 Å². The molecule has 1 aromatic rings. The van der Waals surface area contributed by atoms with Gasteiger partial charge in [0.1, 0.15) is 9.84 Å². The molecule has 1 rings (SSSR count). The highest BCUT2D eigenvalue weighted by molar-refractivity contribution is 7.90. The quantitative estimate of drug-likeness (QED) is 0.708. The van der Waals surface area contributed by atoms with Crippen LogP contribution in [0.4, 0.5) is 0 Å². The normalized spacial score (nSPS) is 11.8. The molecule has 0 saturated carbocycles. The summed E-state index contributed by atoms with van der Waals surface area (Å²) >= 11 is 1.67. The Balaban J connectivity index is 1.93. The van der Waals surface area contributed by atoms with E-state index in [1.165, 1.54) is 11.1 Å². The molecule has 0 saturated heterocycles. The van der Waals surface area contributed by atoms with E-state index in [9.17, 15) is 8.42 Å². The van der Waals surface area contributed by atoms with E-state index in [0.29, 0.717) is 26.3 Å². The van der Waals surface area contributed by atoms with Crippen molar-refractivity contribution >= 4 is 21.2 Å². The number of hydrogen-bond donors (Lipinski definition) is 1. The van der Waals surface area contributed by atoms with Crippen molar-refractivity contribution < 1.29 is 13.2 Å². The molecule has 1 heterocycles. The van der Waals surface area contributed by atoms with Crippen LogP contribution in [0.1, 0.15) is 4.88 Å². The Morgan fingerprint density at radius 3 is 2.88 bits per heavy atom. The molecular formula is C10H17NO3S2. The number of thiophene rings is 1. The van der Waals surface area contributed by atoms with Crippen LogP contribution in [0.25, 0.3) is 0 Å². The maximum absolute atomic E-state index is 10.8. The molecule has 0 unspecified atom stereocenters. The van der Waals surface area contributed by atoms with Crippen LogP contribution in [0.15, 0.2) is 17.5 Å². The van der Waals surface area contributed by atoms with Gasteiger partial charge in [-0.2, -0.15) is 0 Å². The van der Waals surface area contributed by atoms with Gasteiger partial charge in [-0.25, -0.2) is 8.42 Å². The van der Waals surface area contributed by atoms with Crippen molar-refractivity contribution in [3.05, 3.63) is 22.4 Å². The largest absolute Gasteiger partial charge is 0.375 e. The van der Waals surface area contributed by atoms with Gasteiger partial charge in [0.05, 0.1) is 19.0 Å². The molecule has 0 fully saturated rings. The van der Waals surface area contributed by atoms with Gasteiger partial charge in [0.15, 0.2) is 0 Å². The van der Waals surface area contributed by atoms with Gasteiger partial charge in [-0.05, 0) is 11.4 Å². The number of sulfone groups is 1. The van der Waals surface area contributed by atoms with Crippen molar-refractivity contribution in [2.75, 3.05) is 31.7 Å². The second-order valence-electron chi connectivity index (χ2n) is 3.51. The van der Waals surface area contributed by atoms with Crippen LogP contribution in [0.2, 0.25) is 0 Å². The third kappa shape index (κ3) is 6.95. The van der Waals surface area contributed by atoms with Gasteiger partial charge in [0.2, 0.25) is 0 Å². The first-order valence-corrected chi connectivity index (χ1v) is 8.00. The summed E-state index contributed by atoms with van der Waals surface area (Å²) in [5, 5.41) is 5.04. The second kappa shape index (κ2) is 7.01. The molecule has 1 aromatic heterocycles. The first-order valence-electron chi connectivity index (χ1n) is 5.06. The van der Waals surface area contributed by atoms with E-state index in [1.54, 1.807) is 11.3 Å². The first kappa shape index (κ1) is 13.6. The molecule has 6 heteroatoms. The lowest BCUT2D eigenvalue weighted by atomic mass is 10.5. The molecule has 0 amide bonds. The molecule has 0 aliphatic heterocycles. The molecule has 16 heavy (non-hydrogen) atoms. The van der Waals surface area contributed by atoms with Crippen molar-refractivity contribution in [1.82, 2.24) is 5.32 Å². The molecule has 4 nitrogen and oxygen atoms in total. The van der Waals surface area contributed by atoms with E-state index >= 15 is 0 Å². The molecule has 0 aliphatic carbocycles. The summed E-state index contributed by atoms with van der Waals surface area (Å²) in [5.74, 6) is 0.178. The average molecular weight is 263 g/mol. The van der Waals surface area contributed by atoms with Crippen LogP contribution >= 0.6 is 11.3 Å². The first-order chi connectivity index (χ1) is 7.58. The van der Waals surface area contributed by atoms with E-state index in [0.717, 1.165) is 0 Å². The Bertz CT molecular complexity index is 373. The van der Waals surface area contributed by atoms with Gasteiger partial charge in [-0.1, -0.05) is 6.07 Å². The van der Waals surface area contributed by atoms with Crippen molar-refractivity contribution in [2.24, 2.45) is 0 Å². The standard InChI is InChI=1S/C10H17NO3S2/c1-16(12,13)8-5-11-4-6-14-9-10-3-2-7-15-10/h2-3,7,11H,4-6,8-9H2,1H3. The minimum absolute atomic E-state index is 0.178. The topological polar surface area (TPSA) is 55.4 Å². The number of hydrogen-bond acceptors (Lipinski definition) is 5. The molecule has 1 N–H and O–H groups in total. The predicted molar refractivity (Wildman–Crippen MR) is 66.6 cm³/mol. The second-order valence-corrected chi connectivity index (χ2v) is 6.80. The Morgan fingerprint density at radius 2 is 2.25 bits per heavy atom. The average Bonchev–Trinajstić information content (AvgIpc) is 2.67. The number of nitrogens with one attached hydrogen (secondary N) is 1. The molecule has 92 valence electrons. The highest BCUT2D eigenvalue weighted by Gasteiger charge is 2.00. The predicted octanol–water partition coefficient (Wildman–Crippen LogP) is 0.899. The highest BCUT2D eigenvalue weighted by atomic mass is 32.2. The van der Waals surface area contributed by atoms with E-state index in [2.05, 4.69) is 5.32 Å². The summed E-state index contributed by atoms with van der Waals surface area (Å²) in [7, 11) is -2.85. The number of ether oxygens (including phenoxy) is 1. The Labute approximate surface area is 101 Å². The molecule has 0 aromatic carbocycles. The van der Waals surface area contributed by atoms with Gasteiger partial charge < -0.3 is 10.1 Å². The zero-order chi connectivity index (χ0) is 11.9. The van der Waals surface area contributed by atoms with Crippen molar-refractivity contribution in [3.63, 3.8) is 0 Å². The molecule has 0 bridgehead atoms. The van der Waals surface area contributed by atoms with E-state index in [4.69, 9.17) is 4.74 Å². The van der Waals surface area contributed by atoms with Crippen LogP contribution < -0.4 is 5.32 Å². The fourth-order valence-corrected chi connectivity index (χ4v) is 2.25. The summed E-state index contributed by atoms with van der Waals surface area (Å²) < 4.78 is 27.0. The third-order valence-electron chi connectivity index (χ3n) is 1.90. The molecular weight excluding hydrogens is 246 g/mol. The summed E-state index contributed by atoms with van der Waals surface area (Å²) in [6.07, 6.45) is 1.24. The zero-order valence-electron chi connectivity index (χ0n) is 9.31. The Hall–Kier alpha value is -0.430. The Morgan fingerprint density at radius 1 is 1.44 bits per heavy atom. The molecule has 0 radical (unpaired) electrons. The SMILES string of the molecule is CS(=O)(=O)CCNCCOCc1cccs1. The maximum Gasteiger partial charge on any atom is 0.148 e. The summed E-state index contributed by atoms with van der Waals surface area (Å²) in [4.78, 5) is 1.20. The van der Waals surface area contributed by atoms with Gasteiger partial charge in [-0.15, -0.1) is 11.3 Å². The van der Waals surface area contributed by atoms with Crippen molar-refractivity contribution in [3.8, 4) is 0 Å². The number of rotatable bonds is 8. The Kier molecular flexibility index (Phi) is 5.97. The van der Waals surface area contributed by atoms with E-state index in [1.807, 2.05) is 17.5 Å². The molecule has 0 atom stereocenters. The summed E-state index contributed by atoms with van der Waals surface area (Å²) in [5.41, 5.74) is 0. The third-order valence-corrected chi connectivity index (χ3v) is 3.69. The van der Waals surface area contributed by atoms with Crippen molar-refractivity contribution in [1.29, 1.82) is 0 Å². The molecule has 0 aliphatic rings. The zero-order valence-corrected chi connectivity index (χ0v) is 10.9. The lowest BCUT2D eigenvalue weighted by Crippen LogP contribution is -2.25. The van der Waals surface area contributed by atoms with E-state index < -0.39 is 9.84 Å². The van der Waals surface area contributed by atoms with Crippen LogP contribution in [0, 0.1) is 0 Å². The van der Waals surface area contributed by atoms with Gasteiger partial charge in [-0.3, -0.25) is 0 Å². The minimum Gasteiger partial charge on any atom is -0.375 e. The maximum atomic E-state index is 10.8. The molecule has 0 spiro atoms. The fourth-order valence-electron chi connectivity index (χ4n) is 1.09. The lowest BCUT2D eigenvalue weighted by Gasteiger charge is -2.04. The van der Waals surface area contributed by atoms with Gasteiger partial charge >= 0.3 is 0 Å². The van der Waals surface area contributed by atoms with E-state index in [-0.39, 0.29) is 5.75 Å². The summed E-state index contributed by atoms with van der Waals surface area (Å²) in [6.45, 7) is 2.40. The van der Waals surface area contributed by atoms with Crippen molar-refractivity contribution in [2.45, 2.75) is 6.61 Å². The smallest absolute Gasteiger partial charge is 0.148 e. The van der Waals surface area contributed by atoms with Crippen LogP contribution in [-0.2, 0) is 21.2 Å². The van der Waals surface area contributed by atoms with Gasteiger partial charge in [0.25, 0.3) is 0 Å². The summed E-state index contributed by atoms with van der Waals surface area (Å²) in [6, 6.07) is 4.02. The van der Waals surface area contributed by atoms with Crippen LogP contribution in [0.5, 0.6) is 0 Å².